The molecule has 2 aromatic rings. The van der Waals surface area contributed by atoms with Crippen molar-refractivity contribution in [3.8, 4) is 0 Å². The first-order chi connectivity index (χ1) is 7.97. The highest BCUT2D eigenvalue weighted by Gasteiger charge is 2.33. The normalized spacial score (nSPS) is 11.8. The molecule has 0 spiro atoms. The van der Waals surface area contributed by atoms with E-state index in [1.165, 1.54) is 6.07 Å². The molecule has 0 saturated heterocycles. The summed E-state index contributed by atoms with van der Waals surface area (Å²) in [5.74, 6) is 0. The van der Waals surface area contributed by atoms with Crippen molar-refractivity contribution in [3.63, 3.8) is 0 Å². The van der Waals surface area contributed by atoms with Gasteiger partial charge < -0.3 is 4.98 Å². The van der Waals surface area contributed by atoms with Crippen LogP contribution >= 0.6 is 0 Å². The zero-order chi connectivity index (χ0) is 12.5. The van der Waals surface area contributed by atoms with Crippen LogP contribution in [0.1, 0.15) is 22.3 Å². The van der Waals surface area contributed by atoms with E-state index in [9.17, 15) is 13.2 Å². The Kier molecular flexibility index (Phi) is 2.96. The highest BCUT2D eigenvalue weighted by atomic mass is 19.4. The molecule has 0 amide bonds. The van der Waals surface area contributed by atoms with Crippen LogP contribution in [0.5, 0.6) is 0 Å². The van der Waals surface area contributed by atoms with Crippen molar-refractivity contribution in [3.05, 3.63) is 58.9 Å². The predicted octanol–water partition coefficient (Wildman–Crippen LogP) is 3.93. The quantitative estimate of drug-likeness (QED) is 0.817. The summed E-state index contributed by atoms with van der Waals surface area (Å²) in [7, 11) is 0. The third kappa shape index (κ3) is 2.70. The lowest BCUT2D eigenvalue weighted by Crippen LogP contribution is -2.09. The average molecular weight is 239 g/mol. The fraction of sp³-hybridized carbons (Fsp3) is 0.231. The van der Waals surface area contributed by atoms with Gasteiger partial charge >= 0.3 is 6.18 Å². The minimum Gasteiger partial charge on any atom is -0.367 e. The van der Waals surface area contributed by atoms with Gasteiger partial charge in [0.2, 0.25) is 0 Å². The Labute approximate surface area is 97.3 Å². The van der Waals surface area contributed by atoms with E-state index in [-0.39, 0.29) is 0 Å². The zero-order valence-corrected chi connectivity index (χ0v) is 9.31. The second kappa shape index (κ2) is 4.28. The highest BCUT2D eigenvalue weighted by molar-refractivity contribution is 5.36. The smallest absolute Gasteiger partial charge is 0.367 e. The third-order valence-corrected chi connectivity index (χ3v) is 2.63. The number of aromatic amines is 1. The Balaban J connectivity index is 2.40. The fourth-order valence-electron chi connectivity index (χ4n) is 1.80. The lowest BCUT2D eigenvalue weighted by atomic mass is 9.99. The Morgan fingerprint density at radius 1 is 1.18 bits per heavy atom. The average Bonchev–Trinajstić information content (AvgIpc) is 2.72. The maximum Gasteiger partial charge on any atom is 0.416 e. The van der Waals surface area contributed by atoms with Crippen molar-refractivity contribution >= 4 is 0 Å². The van der Waals surface area contributed by atoms with Crippen molar-refractivity contribution in [1.82, 2.24) is 4.98 Å². The number of benzene rings is 1. The van der Waals surface area contributed by atoms with E-state index in [2.05, 4.69) is 4.98 Å². The molecule has 1 nitrogen and oxygen atoms in total. The third-order valence-electron chi connectivity index (χ3n) is 2.63. The molecule has 17 heavy (non-hydrogen) atoms. The monoisotopic (exact) mass is 239 g/mol. The Bertz CT molecular complexity index is 498. The van der Waals surface area contributed by atoms with E-state index in [0.29, 0.717) is 17.5 Å². The van der Waals surface area contributed by atoms with Gasteiger partial charge in [-0.2, -0.15) is 13.2 Å². The van der Waals surface area contributed by atoms with Crippen LogP contribution in [0, 0.1) is 6.92 Å². The van der Waals surface area contributed by atoms with Crippen LogP contribution in [0.25, 0.3) is 0 Å². The largest absolute Gasteiger partial charge is 0.416 e. The number of halogens is 3. The molecular weight excluding hydrogens is 227 g/mol. The molecule has 1 N–H and O–H groups in total. The lowest BCUT2D eigenvalue weighted by Gasteiger charge is -2.13. The van der Waals surface area contributed by atoms with Crippen molar-refractivity contribution in [2.75, 3.05) is 0 Å². The molecule has 0 aliphatic carbocycles. The molecule has 90 valence electrons. The van der Waals surface area contributed by atoms with Crippen LogP contribution in [-0.2, 0) is 12.6 Å². The van der Waals surface area contributed by atoms with Crippen molar-refractivity contribution in [1.29, 1.82) is 0 Å². The highest BCUT2D eigenvalue weighted by Crippen LogP contribution is 2.33. The summed E-state index contributed by atoms with van der Waals surface area (Å²) in [6, 6.07) is 6.23. The molecule has 0 radical (unpaired) electrons. The van der Waals surface area contributed by atoms with Gasteiger partial charge in [0.15, 0.2) is 0 Å². The van der Waals surface area contributed by atoms with E-state index in [1.54, 1.807) is 37.5 Å². The number of rotatable bonds is 2. The molecule has 0 aliphatic rings. The van der Waals surface area contributed by atoms with E-state index < -0.39 is 11.7 Å². The van der Waals surface area contributed by atoms with Crippen LogP contribution in [0.4, 0.5) is 13.2 Å². The molecule has 2 rings (SSSR count). The van der Waals surface area contributed by atoms with Crippen LogP contribution in [0.3, 0.4) is 0 Å². The second-order valence-corrected chi connectivity index (χ2v) is 4.05. The molecule has 0 bridgehead atoms. The number of H-pyrrole nitrogens is 1. The van der Waals surface area contributed by atoms with Crippen molar-refractivity contribution < 1.29 is 13.2 Å². The van der Waals surface area contributed by atoms with Gasteiger partial charge in [-0.25, -0.2) is 0 Å². The first-order valence-corrected chi connectivity index (χ1v) is 5.25. The molecule has 1 aromatic carbocycles. The number of aryl methyl sites for hydroxylation is 1. The van der Waals surface area contributed by atoms with Gasteiger partial charge in [0.25, 0.3) is 0 Å². The van der Waals surface area contributed by atoms with Crippen LogP contribution in [0.2, 0.25) is 0 Å². The van der Waals surface area contributed by atoms with E-state index in [4.69, 9.17) is 0 Å². The van der Waals surface area contributed by atoms with Gasteiger partial charge in [-0.1, -0.05) is 17.7 Å². The number of nitrogens with one attached hydrogen (secondary N) is 1. The summed E-state index contributed by atoms with van der Waals surface area (Å²) in [6.45, 7) is 1.66. The molecule has 0 unspecified atom stereocenters. The molecule has 0 saturated carbocycles. The summed E-state index contributed by atoms with van der Waals surface area (Å²) in [5, 5.41) is 0. The Morgan fingerprint density at radius 3 is 2.53 bits per heavy atom. The van der Waals surface area contributed by atoms with Crippen molar-refractivity contribution in [2.45, 2.75) is 19.5 Å². The SMILES string of the molecule is Cc1ccc(Cc2cc[nH]c2)c(C(F)(F)F)c1. The van der Waals surface area contributed by atoms with Crippen LogP contribution in [-0.4, -0.2) is 4.98 Å². The number of hydrogen-bond donors (Lipinski definition) is 1. The Morgan fingerprint density at radius 2 is 1.94 bits per heavy atom. The molecule has 0 fully saturated rings. The van der Waals surface area contributed by atoms with Gasteiger partial charge in [-0.05, 0) is 36.6 Å². The van der Waals surface area contributed by atoms with Gasteiger partial charge in [0.1, 0.15) is 0 Å². The number of aromatic nitrogens is 1. The molecule has 0 atom stereocenters. The summed E-state index contributed by atoms with van der Waals surface area (Å²) < 4.78 is 38.5. The van der Waals surface area contributed by atoms with Gasteiger partial charge in [0.05, 0.1) is 5.56 Å². The van der Waals surface area contributed by atoms with Crippen molar-refractivity contribution in [2.24, 2.45) is 0 Å². The minimum absolute atomic E-state index is 0.290. The molecule has 4 heteroatoms. The van der Waals surface area contributed by atoms with E-state index in [1.807, 2.05) is 0 Å². The lowest BCUT2D eigenvalue weighted by molar-refractivity contribution is -0.138. The molecular formula is C13H12F3N. The summed E-state index contributed by atoms with van der Waals surface area (Å²) >= 11 is 0. The van der Waals surface area contributed by atoms with E-state index >= 15 is 0 Å². The van der Waals surface area contributed by atoms with Gasteiger partial charge in [0, 0.05) is 12.4 Å². The topological polar surface area (TPSA) is 15.8 Å². The summed E-state index contributed by atoms with van der Waals surface area (Å²) in [5.41, 5.74) is 1.23. The Hall–Kier alpha value is -1.71. The van der Waals surface area contributed by atoms with Crippen LogP contribution in [0.15, 0.2) is 36.7 Å². The molecule has 1 aromatic heterocycles. The first-order valence-electron chi connectivity index (χ1n) is 5.25. The maximum atomic E-state index is 12.8. The summed E-state index contributed by atoms with van der Waals surface area (Å²) in [4.78, 5) is 2.84. The molecule has 1 heterocycles. The standard InChI is InChI=1S/C13H12F3N/c1-9-2-3-11(7-10-4-5-17-8-10)12(6-9)13(14,15)16/h2-6,8,17H,7H2,1H3. The number of alkyl halides is 3. The maximum absolute atomic E-state index is 12.8. The second-order valence-electron chi connectivity index (χ2n) is 4.05. The zero-order valence-electron chi connectivity index (χ0n) is 9.31. The number of hydrogen-bond acceptors (Lipinski definition) is 0. The fourth-order valence-corrected chi connectivity index (χ4v) is 1.80. The summed E-state index contributed by atoms with van der Waals surface area (Å²) in [6.07, 6.45) is -0.590. The molecule has 0 aliphatic heterocycles. The van der Waals surface area contributed by atoms with E-state index in [0.717, 1.165) is 5.56 Å². The van der Waals surface area contributed by atoms with Gasteiger partial charge in [-0.15, -0.1) is 0 Å². The van der Waals surface area contributed by atoms with Gasteiger partial charge in [-0.3, -0.25) is 0 Å². The predicted molar refractivity (Wildman–Crippen MR) is 59.8 cm³/mol. The first kappa shape index (κ1) is 11.8. The minimum atomic E-state index is -4.29. The van der Waals surface area contributed by atoms with Crippen LogP contribution < -0.4 is 0 Å².